The van der Waals surface area contributed by atoms with Crippen molar-refractivity contribution in [3.63, 3.8) is 0 Å². The molecule has 1 amide bonds. The van der Waals surface area contributed by atoms with Gasteiger partial charge in [-0.2, -0.15) is 0 Å². The molecule has 1 saturated heterocycles. The second-order valence-corrected chi connectivity index (χ2v) is 4.94. The lowest BCUT2D eigenvalue weighted by Gasteiger charge is -2.33. The van der Waals surface area contributed by atoms with Crippen molar-refractivity contribution >= 4 is 21.8 Å². The quantitative estimate of drug-likeness (QED) is 0.915. The van der Waals surface area contributed by atoms with Crippen LogP contribution < -0.4 is 5.73 Å². The molecule has 1 aromatic rings. The number of likely N-dealkylation sites (tertiary alicyclic amines) is 1. The zero-order chi connectivity index (χ0) is 11.5. The van der Waals surface area contributed by atoms with Gasteiger partial charge in [0.15, 0.2) is 0 Å². The van der Waals surface area contributed by atoms with Crippen LogP contribution >= 0.6 is 15.9 Å². The van der Waals surface area contributed by atoms with Gasteiger partial charge in [-0.1, -0.05) is 34.1 Å². The van der Waals surface area contributed by atoms with Crippen molar-refractivity contribution in [2.45, 2.75) is 18.9 Å². The number of amides is 1. The summed E-state index contributed by atoms with van der Waals surface area (Å²) in [5.74, 6) is 0.0713. The van der Waals surface area contributed by atoms with Crippen LogP contribution in [-0.2, 0) is 11.2 Å². The fourth-order valence-corrected chi connectivity index (χ4v) is 2.21. The SMILES string of the molecule is N[C@H](Cc1ccccc1Br)C(=O)N1CCC1. The highest BCUT2D eigenvalue weighted by molar-refractivity contribution is 9.10. The first-order valence-electron chi connectivity index (χ1n) is 5.46. The van der Waals surface area contributed by atoms with E-state index in [1.165, 1.54) is 0 Å². The minimum Gasteiger partial charge on any atom is -0.341 e. The normalized spacial score (nSPS) is 16.8. The van der Waals surface area contributed by atoms with Crippen LogP contribution in [-0.4, -0.2) is 29.9 Å². The van der Waals surface area contributed by atoms with Gasteiger partial charge in [0, 0.05) is 17.6 Å². The number of hydrogen-bond donors (Lipinski definition) is 1. The molecule has 1 aromatic carbocycles. The molecule has 0 spiro atoms. The van der Waals surface area contributed by atoms with E-state index < -0.39 is 6.04 Å². The molecule has 0 unspecified atom stereocenters. The summed E-state index contributed by atoms with van der Waals surface area (Å²) in [7, 11) is 0. The summed E-state index contributed by atoms with van der Waals surface area (Å²) in [6.07, 6.45) is 1.70. The van der Waals surface area contributed by atoms with Crippen molar-refractivity contribution in [2.75, 3.05) is 13.1 Å². The van der Waals surface area contributed by atoms with E-state index in [-0.39, 0.29) is 5.91 Å². The molecule has 0 saturated carbocycles. The first-order valence-corrected chi connectivity index (χ1v) is 6.25. The van der Waals surface area contributed by atoms with Crippen LogP contribution in [0.25, 0.3) is 0 Å². The maximum absolute atomic E-state index is 11.8. The Morgan fingerprint density at radius 2 is 2.12 bits per heavy atom. The number of hydrogen-bond acceptors (Lipinski definition) is 2. The Morgan fingerprint density at radius 3 is 2.69 bits per heavy atom. The highest BCUT2D eigenvalue weighted by Gasteiger charge is 2.25. The molecule has 0 aromatic heterocycles. The Balaban J connectivity index is 1.98. The molecule has 2 rings (SSSR count). The van der Waals surface area contributed by atoms with Gasteiger partial charge in [0.25, 0.3) is 0 Å². The molecule has 0 radical (unpaired) electrons. The van der Waals surface area contributed by atoms with Crippen LogP contribution in [0.15, 0.2) is 28.7 Å². The number of benzene rings is 1. The van der Waals surface area contributed by atoms with Gasteiger partial charge >= 0.3 is 0 Å². The molecule has 0 aliphatic carbocycles. The van der Waals surface area contributed by atoms with Gasteiger partial charge in [0.05, 0.1) is 6.04 Å². The summed E-state index contributed by atoms with van der Waals surface area (Å²) in [5.41, 5.74) is 7.00. The summed E-state index contributed by atoms with van der Waals surface area (Å²) < 4.78 is 1.02. The second kappa shape index (κ2) is 4.97. The third-order valence-electron chi connectivity index (χ3n) is 2.88. The summed E-state index contributed by atoms with van der Waals surface area (Å²) in [4.78, 5) is 13.6. The Labute approximate surface area is 104 Å². The molecule has 1 aliphatic heterocycles. The molecule has 16 heavy (non-hydrogen) atoms. The molecule has 1 heterocycles. The number of carbonyl (C=O) groups is 1. The molecule has 0 bridgehead atoms. The van der Waals surface area contributed by atoms with Crippen LogP contribution in [0.5, 0.6) is 0 Å². The van der Waals surface area contributed by atoms with E-state index in [0.717, 1.165) is 29.5 Å². The van der Waals surface area contributed by atoms with Crippen molar-refractivity contribution in [3.05, 3.63) is 34.3 Å². The van der Waals surface area contributed by atoms with Gasteiger partial charge < -0.3 is 10.6 Å². The molecule has 2 N–H and O–H groups in total. The molecule has 3 nitrogen and oxygen atoms in total. The summed E-state index contributed by atoms with van der Waals surface area (Å²) in [6, 6.07) is 7.46. The van der Waals surface area contributed by atoms with Crippen LogP contribution in [0.1, 0.15) is 12.0 Å². The van der Waals surface area contributed by atoms with Gasteiger partial charge in [0.1, 0.15) is 0 Å². The van der Waals surface area contributed by atoms with E-state index in [4.69, 9.17) is 5.73 Å². The van der Waals surface area contributed by atoms with Crippen molar-refractivity contribution in [1.29, 1.82) is 0 Å². The lowest BCUT2D eigenvalue weighted by molar-refractivity contribution is -0.136. The lowest BCUT2D eigenvalue weighted by atomic mass is 10.0. The minimum atomic E-state index is -0.418. The molecular weight excluding hydrogens is 268 g/mol. The number of rotatable bonds is 3. The van der Waals surface area contributed by atoms with Crippen LogP contribution in [0.3, 0.4) is 0 Å². The maximum Gasteiger partial charge on any atom is 0.239 e. The molecular formula is C12H15BrN2O. The van der Waals surface area contributed by atoms with Crippen molar-refractivity contribution < 1.29 is 4.79 Å². The fourth-order valence-electron chi connectivity index (χ4n) is 1.76. The van der Waals surface area contributed by atoms with Crippen LogP contribution in [0, 0.1) is 0 Å². The van der Waals surface area contributed by atoms with Crippen molar-refractivity contribution in [1.82, 2.24) is 4.90 Å². The number of nitrogens with zero attached hydrogens (tertiary/aromatic N) is 1. The molecule has 1 atom stereocenters. The Hall–Kier alpha value is -0.870. The topological polar surface area (TPSA) is 46.3 Å². The van der Waals surface area contributed by atoms with Crippen molar-refractivity contribution in [2.24, 2.45) is 5.73 Å². The Morgan fingerprint density at radius 1 is 1.44 bits per heavy atom. The zero-order valence-corrected chi connectivity index (χ0v) is 10.6. The molecule has 86 valence electrons. The number of carbonyl (C=O) groups excluding carboxylic acids is 1. The van der Waals surface area contributed by atoms with Crippen molar-refractivity contribution in [3.8, 4) is 0 Å². The van der Waals surface area contributed by atoms with E-state index in [2.05, 4.69) is 15.9 Å². The lowest BCUT2D eigenvalue weighted by Crippen LogP contribution is -2.50. The Kier molecular flexibility index (Phi) is 3.61. The standard InChI is InChI=1S/C12H15BrN2O/c13-10-5-2-1-4-9(10)8-11(14)12(16)15-6-3-7-15/h1-2,4-5,11H,3,6-8,14H2/t11-/m1/s1. The monoisotopic (exact) mass is 282 g/mol. The van der Waals surface area contributed by atoms with E-state index in [9.17, 15) is 4.79 Å². The summed E-state index contributed by atoms with van der Waals surface area (Å²) in [6.45, 7) is 1.73. The van der Waals surface area contributed by atoms with Gasteiger partial charge in [0.2, 0.25) is 5.91 Å². The smallest absolute Gasteiger partial charge is 0.239 e. The molecule has 1 aliphatic rings. The number of halogens is 1. The predicted molar refractivity (Wildman–Crippen MR) is 67.0 cm³/mol. The summed E-state index contributed by atoms with van der Waals surface area (Å²) >= 11 is 3.46. The van der Waals surface area contributed by atoms with Gasteiger partial charge in [-0.05, 0) is 24.5 Å². The van der Waals surface area contributed by atoms with Gasteiger partial charge in [-0.15, -0.1) is 0 Å². The minimum absolute atomic E-state index is 0.0713. The molecule has 1 fully saturated rings. The fraction of sp³-hybridized carbons (Fsp3) is 0.417. The van der Waals surface area contributed by atoms with E-state index in [0.29, 0.717) is 6.42 Å². The van der Waals surface area contributed by atoms with E-state index in [1.54, 1.807) is 0 Å². The zero-order valence-electron chi connectivity index (χ0n) is 9.03. The predicted octanol–water partition coefficient (Wildman–Crippen LogP) is 1.55. The van der Waals surface area contributed by atoms with Gasteiger partial charge in [-0.3, -0.25) is 4.79 Å². The third kappa shape index (κ3) is 2.44. The van der Waals surface area contributed by atoms with E-state index in [1.807, 2.05) is 29.2 Å². The van der Waals surface area contributed by atoms with Crippen LogP contribution in [0.4, 0.5) is 0 Å². The number of nitrogens with two attached hydrogens (primary N) is 1. The highest BCUT2D eigenvalue weighted by Crippen LogP contribution is 2.18. The van der Waals surface area contributed by atoms with E-state index >= 15 is 0 Å². The van der Waals surface area contributed by atoms with Gasteiger partial charge in [-0.25, -0.2) is 0 Å². The second-order valence-electron chi connectivity index (χ2n) is 4.08. The summed E-state index contributed by atoms with van der Waals surface area (Å²) in [5, 5.41) is 0. The maximum atomic E-state index is 11.8. The first kappa shape index (κ1) is 11.6. The largest absolute Gasteiger partial charge is 0.341 e. The Bertz CT molecular complexity index is 390. The van der Waals surface area contributed by atoms with Crippen LogP contribution in [0.2, 0.25) is 0 Å². The third-order valence-corrected chi connectivity index (χ3v) is 3.66. The average molecular weight is 283 g/mol. The molecule has 4 heteroatoms. The highest BCUT2D eigenvalue weighted by atomic mass is 79.9. The first-order chi connectivity index (χ1) is 7.68. The average Bonchev–Trinajstić information content (AvgIpc) is 2.18.